The minimum Gasteiger partial charge on any atom is -0.497 e. The number of guanidine groups is 1. The van der Waals surface area contributed by atoms with Gasteiger partial charge in [0.15, 0.2) is 11.8 Å². The number of nitrogens with zero attached hydrogens (tertiary/aromatic N) is 5. The molecule has 1 N–H and O–H groups in total. The van der Waals surface area contributed by atoms with Gasteiger partial charge in [-0.3, -0.25) is 0 Å². The first-order valence-corrected chi connectivity index (χ1v) is 10.6. The molecule has 1 heterocycles. The van der Waals surface area contributed by atoms with E-state index in [0.29, 0.717) is 13.1 Å². The zero-order valence-electron chi connectivity index (χ0n) is 18.9. The summed E-state index contributed by atoms with van der Waals surface area (Å²) < 4.78 is 7.18. The molecule has 2 aromatic carbocycles. The van der Waals surface area contributed by atoms with Crippen molar-refractivity contribution < 1.29 is 4.74 Å². The monoisotopic (exact) mass is 568 g/mol. The van der Waals surface area contributed by atoms with E-state index in [1.54, 1.807) is 7.11 Å². The molecule has 0 radical (unpaired) electrons. The Kier molecular flexibility index (Phi) is 10.2. The molecule has 3 rings (SSSR count). The molecule has 0 unspecified atom stereocenters. The molecule has 0 aliphatic carbocycles. The lowest BCUT2D eigenvalue weighted by atomic mass is 10.1. The maximum absolute atomic E-state index is 6.15. The molecule has 9 heteroatoms. The molecule has 0 saturated heterocycles. The van der Waals surface area contributed by atoms with E-state index in [-0.39, 0.29) is 24.0 Å². The first-order valence-electron chi connectivity index (χ1n) is 10.2. The number of benzene rings is 2. The summed E-state index contributed by atoms with van der Waals surface area (Å²) in [6.07, 6.45) is 0.872. The van der Waals surface area contributed by atoms with Crippen molar-refractivity contribution in [2.45, 2.75) is 26.4 Å². The lowest BCUT2D eigenvalue weighted by Gasteiger charge is -2.23. The van der Waals surface area contributed by atoms with Crippen LogP contribution in [0.1, 0.15) is 22.8 Å². The van der Waals surface area contributed by atoms with Gasteiger partial charge in [-0.05, 0) is 48.7 Å². The Morgan fingerprint density at radius 1 is 1.16 bits per heavy atom. The first-order chi connectivity index (χ1) is 15.0. The van der Waals surface area contributed by atoms with Gasteiger partial charge in [0.2, 0.25) is 0 Å². The van der Waals surface area contributed by atoms with E-state index in [1.807, 2.05) is 55.9 Å². The molecule has 172 valence electrons. The normalized spacial score (nSPS) is 11.1. The molecule has 0 spiro atoms. The van der Waals surface area contributed by atoms with E-state index in [0.717, 1.165) is 46.9 Å². The van der Waals surface area contributed by atoms with Crippen molar-refractivity contribution in [2.24, 2.45) is 12.0 Å². The summed E-state index contributed by atoms with van der Waals surface area (Å²) in [6, 6.07) is 16.0. The lowest BCUT2D eigenvalue weighted by molar-refractivity contribution is 0.414. The molecular weight excluding hydrogens is 539 g/mol. The van der Waals surface area contributed by atoms with E-state index in [1.165, 1.54) is 5.56 Å². The highest BCUT2D eigenvalue weighted by Gasteiger charge is 2.10. The van der Waals surface area contributed by atoms with E-state index >= 15 is 0 Å². The highest BCUT2D eigenvalue weighted by Crippen LogP contribution is 2.13. The molecule has 0 bridgehead atoms. The predicted molar refractivity (Wildman–Crippen MR) is 140 cm³/mol. The molecule has 1 aromatic heterocycles. The second kappa shape index (κ2) is 12.6. The van der Waals surface area contributed by atoms with Crippen molar-refractivity contribution in [3.8, 4) is 5.75 Å². The van der Waals surface area contributed by atoms with Gasteiger partial charge in [-0.25, -0.2) is 4.99 Å². The topological polar surface area (TPSA) is 67.6 Å². The van der Waals surface area contributed by atoms with Crippen LogP contribution < -0.4 is 10.1 Å². The maximum Gasteiger partial charge on any atom is 0.194 e. The molecule has 0 fully saturated rings. The number of halogens is 2. The molecule has 0 aliphatic rings. The van der Waals surface area contributed by atoms with Gasteiger partial charge in [0, 0.05) is 32.2 Å². The molecule has 0 amide bonds. The van der Waals surface area contributed by atoms with Gasteiger partial charge in [-0.2, -0.15) is 0 Å². The van der Waals surface area contributed by atoms with Crippen LogP contribution in [0.3, 0.4) is 0 Å². The van der Waals surface area contributed by atoms with Gasteiger partial charge in [-0.1, -0.05) is 35.9 Å². The third-order valence-electron chi connectivity index (χ3n) is 5.08. The molecule has 32 heavy (non-hydrogen) atoms. The van der Waals surface area contributed by atoms with Crippen LogP contribution in [0.5, 0.6) is 5.75 Å². The summed E-state index contributed by atoms with van der Waals surface area (Å²) >= 11 is 6.15. The van der Waals surface area contributed by atoms with Crippen molar-refractivity contribution in [3.05, 3.63) is 76.3 Å². The quantitative estimate of drug-likeness (QED) is 0.250. The van der Waals surface area contributed by atoms with Gasteiger partial charge >= 0.3 is 0 Å². The zero-order chi connectivity index (χ0) is 22.2. The largest absolute Gasteiger partial charge is 0.497 e. The van der Waals surface area contributed by atoms with E-state index in [2.05, 4.69) is 38.6 Å². The number of nitrogens with one attached hydrogen (secondary N) is 1. The van der Waals surface area contributed by atoms with Crippen molar-refractivity contribution in [1.29, 1.82) is 0 Å². The number of hydrogen-bond donors (Lipinski definition) is 1. The fraction of sp³-hybridized carbons (Fsp3) is 0.348. The van der Waals surface area contributed by atoms with E-state index < -0.39 is 0 Å². The lowest BCUT2D eigenvalue weighted by Crippen LogP contribution is -2.39. The van der Waals surface area contributed by atoms with Crippen LogP contribution in [-0.4, -0.2) is 46.3 Å². The molecule has 0 saturated carbocycles. The van der Waals surface area contributed by atoms with Gasteiger partial charge in [0.1, 0.15) is 18.1 Å². The Labute approximate surface area is 211 Å². The SMILES string of the molecule is COc1ccc(CCNC(=NCc2nnc(C)n2C)N(C)Cc2cccc(Cl)c2)cc1.I. The molecule has 0 aliphatic heterocycles. The van der Waals surface area contributed by atoms with Crippen LogP contribution in [0.15, 0.2) is 53.5 Å². The molecular formula is C23H30ClIN6O. The summed E-state index contributed by atoms with van der Waals surface area (Å²) in [5.41, 5.74) is 2.35. The number of rotatable bonds is 8. The highest BCUT2D eigenvalue weighted by atomic mass is 127. The molecule has 7 nitrogen and oxygen atoms in total. The van der Waals surface area contributed by atoms with Gasteiger partial charge < -0.3 is 19.5 Å². The third kappa shape index (κ3) is 7.37. The van der Waals surface area contributed by atoms with Crippen molar-refractivity contribution >= 4 is 41.5 Å². The van der Waals surface area contributed by atoms with Crippen LogP contribution in [-0.2, 0) is 26.6 Å². The Morgan fingerprint density at radius 3 is 2.53 bits per heavy atom. The van der Waals surface area contributed by atoms with E-state index in [9.17, 15) is 0 Å². The summed E-state index contributed by atoms with van der Waals surface area (Å²) in [6.45, 7) is 3.82. The minimum atomic E-state index is 0. The van der Waals surface area contributed by atoms with Crippen LogP contribution in [0.4, 0.5) is 0 Å². The summed E-state index contributed by atoms with van der Waals surface area (Å²) in [5.74, 6) is 3.35. The van der Waals surface area contributed by atoms with Crippen LogP contribution in [0, 0.1) is 6.92 Å². The van der Waals surface area contributed by atoms with Crippen molar-refractivity contribution in [2.75, 3.05) is 20.7 Å². The third-order valence-corrected chi connectivity index (χ3v) is 5.31. The van der Waals surface area contributed by atoms with Crippen LogP contribution >= 0.6 is 35.6 Å². The second-order valence-corrected chi connectivity index (χ2v) is 7.81. The van der Waals surface area contributed by atoms with Gasteiger partial charge in [0.05, 0.1) is 7.11 Å². The van der Waals surface area contributed by atoms with Crippen molar-refractivity contribution in [3.63, 3.8) is 0 Å². The maximum atomic E-state index is 6.15. The Morgan fingerprint density at radius 2 is 1.91 bits per heavy atom. The summed E-state index contributed by atoms with van der Waals surface area (Å²) in [7, 11) is 5.64. The summed E-state index contributed by atoms with van der Waals surface area (Å²) in [4.78, 5) is 6.89. The number of methoxy groups -OCH3 is 1. The highest BCUT2D eigenvalue weighted by molar-refractivity contribution is 14.0. The standard InChI is InChI=1S/C23H29ClN6O.HI/c1-17-27-28-22(30(17)3)15-26-23(29(2)16-19-6-5-7-20(24)14-19)25-13-12-18-8-10-21(31-4)11-9-18;/h5-11,14H,12-13,15-16H2,1-4H3,(H,25,26);1H. The number of ether oxygens (including phenoxy) is 1. The number of aromatic nitrogens is 3. The second-order valence-electron chi connectivity index (χ2n) is 7.37. The predicted octanol–water partition coefficient (Wildman–Crippen LogP) is 4.22. The fourth-order valence-corrected chi connectivity index (χ4v) is 3.35. The number of aliphatic imine (C=N–C) groups is 1. The number of aryl methyl sites for hydroxylation is 1. The Balaban J connectivity index is 0.00000363. The zero-order valence-corrected chi connectivity index (χ0v) is 22.0. The first kappa shape index (κ1) is 25.9. The average molecular weight is 569 g/mol. The van der Waals surface area contributed by atoms with E-state index in [4.69, 9.17) is 21.3 Å². The number of hydrogen-bond acceptors (Lipinski definition) is 4. The van der Waals surface area contributed by atoms with Crippen LogP contribution in [0.2, 0.25) is 5.02 Å². The van der Waals surface area contributed by atoms with Crippen LogP contribution in [0.25, 0.3) is 0 Å². The molecule has 0 atom stereocenters. The molecule has 3 aromatic rings. The van der Waals surface area contributed by atoms with Gasteiger partial charge in [0.25, 0.3) is 0 Å². The Hall–Kier alpha value is -2.33. The average Bonchev–Trinajstić information content (AvgIpc) is 3.08. The van der Waals surface area contributed by atoms with Crippen molar-refractivity contribution in [1.82, 2.24) is 25.0 Å². The minimum absolute atomic E-state index is 0. The Bertz CT molecular complexity index is 1020. The summed E-state index contributed by atoms with van der Waals surface area (Å²) in [5, 5.41) is 12.5. The smallest absolute Gasteiger partial charge is 0.194 e. The fourth-order valence-electron chi connectivity index (χ4n) is 3.14. The van der Waals surface area contributed by atoms with Gasteiger partial charge in [-0.15, -0.1) is 34.2 Å².